The molecule has 1 amide bonds. The van der Waals surface area contributed by atoms with Crippen LogP contribution in [0, 0.1) is 13.8 Å². The molecule has 0 bridgehead atoms. The van der Waals surface area contributed by atoms with Gasteiger partial charge < -0.3 is 4.52 Å². The molecule has 0 saturated carbocycles. The highest BCUT2D eigenvalue weighted by Crippen LogP contribution is 2.28. The van der Waals surface area contributed by atoms with E-state index in [0.29, 0.717) is 21.5 Å². The zero-order chi connectivity index (χ0) is 18.8. The van der Waals surface area contributed by atoms with E-state index in [1.807, 2.05) is 32.0 Å². The fourth-order valence-electron chi connectivity index (χ4n) is 2.56. The molecule has 0 fully saturated rings. The lowest BCUT2D eigenvalue weighted by atomic mass is 10.2. The quantitative estimate of drug-likeness (QED) is 0.486. The van der Waals surface area contributed by atoms with Crippen LogP contribution in [0.4, 0.5) is 5.13 Å². The molecule has 8 heteroatoms. The standard InChI is InChI=1S/C19H16N4O2S2/c1-11-5-6-15-16(8-11)27-19(21-15)22-17(24)14-4-3-7-20-18(14)26-10-13-9-12(2)25-23-13/h3-9H,10H2,1-2H3,(H,21,22,24). The minimum absolute atomic E-state index is 0.224. The number of benzene rings is 1. The molecule has 1 N–H and O–H groups in total. The van der Waals surface area contributed by atoms with Crippen LogP contribution >= 0.6 is 23.1 Å². The number of amides is 1. The first-order valence-electron chi connectivity index (χ1n) is 8.27. The number of thiazole rings is 1. The summed E-state index contributed by atoms with van der Waals surface area (Å²) in [4.78, 5) is 21.6. The number of carbonyl (C=O) groups excluding carboxylic acids is 1. The maximum absolute atomic E-state index is 12.8. The summed E-state index contributed by atoms with van der Waals surface area (Å²) < 4.78 is 6.13. The van der Waals surface area contributed by atoms with Crippen molar-refractivity contribution in [3.05, 3.63) is 65.2 Å². The number of anilines is 1. The van der Waals surface area contributed by atoms with Crippen molar-refractivity contribution in [2.45, 2.75) is 24.6 Å². The van der Waals surface area contributed by atoms with E-state index < -0.39 is 0 Å². The van der Waals surface area contributed by atoms with Gasteiger partial charge in [-0.25, -0.2) is 9.97 Å². The molecular weight excluding hydrogens is 380 g/mol. The maximum atomic E-state index is 12.8. The van der Waals surface area contributed by atoms with E-state index >= 15 is 0 Å². The zero-order valence-electron chi connectivity index (χ0n) is 14.7. The Bertz CT molecular complexity index is 1120. The number of aromatic nitrogens is 3. The van der Waals surface area contributed by atoms with E-state index in [4.69, 9.17) is 4.52 Å². The first kappa shape index (κ1) is 17.7. The number of pyridine rings is 1. The minimum Gasteiger partial charge on any atom is -0.361 e. The van der Waals surface area contributed by atoms with Crippen LogP contribution < -0.4 is 5.32 Å². The average molecular weight is 396 g/mol. The van der Waals surface area contributed by atoms with Gasteiger partial charge in [-0.05, 0) is 43.7 Å². The van der Waals surface area contributed by atoms with E-state index in [2.05, 4.69) is 26.5 Å². The van der Waals surface area contributed by atoms with E-state index in [0.717, 1.165) is 27.2 Å². The Hall–Kier alpha value is -2.71. The molecule has 0 unspecified atom stereocenters. The molecule has 0 aliphatic carbocycles. The van der Waals surface area contributed by atoms with E-state index in [-0.39, 0.29) is 5.91 Å². The third-order valence-corrected chi connectivity index (χ3v) is 5.79. The van der Waals surface area contributed by atoms with Crippen LogP contribution in [-0.2, 0) is 5.75 Å². The summed E-state index contributed by atoms with van der Waals surface area (Å²) >= 11 is 2.91. The highest BCUT2D eigenvalue weighted by atomic mass is 32.2. The third kappa shape index (κ3) is 4.01. The number of aryl methyl sites for hydroxylation is 2. The number of rotatable bonds is 5. The monoisotopic (exact) mass is 396 g/mol. The summed E-state index contributed by atoms with van der Waals surface area (Å²) in [5, 5.41) is 8.09. The van der Waals surface area contributed by atoms with Gasteiger partial charge in [0.05, 0.1) is 21.5 Å². The largest absolute Gasteiger partial charge is 0.361 e. The molecule has 4 rings (SSSR count). The molecule has 3 aromatic heterocycles. The van der Waals surface area contributed by atoms with Crippen molar-refractivity contribution in [2.24, 2.45) is 0 Å². The Morgan fingerprint density at radius 2 is 2.15 bits per heavy atom. The molecule has 1 aromatic carbocycles. The van der Waals surface area contributed by atoms with Crippen LogP contribution in [0.1, 0.15) is 27.4 Å². The predicted octanol–water partition coefficient (Wildman–Crippen LogP) is 4.84. The van der Waals surface area contributed by atoms with Gasteiger partial charge in [0.1, 0.15) is 10.8 Å². The highest BCUT2D eigenvalue weighted by Gasteiger charge is 2.16. The van der Waals surface area contributed by atoms with Crippen LogP contribution in [0.5, 0.6) is 0 Å². The lowest BCUT2D eigenvalue weighted by Crippen LogP contribution is -2.13. The molecule has 0 aliphatic rings. The van der Waals surface area contributed by atoms with E-state index in [9.17, 15) is 4.79 Å². The molecule has 0 radical (unpaired) electrons. The Kier molecular flexibility index (Phi) is 4.91. The molecule has 0 spiro atoms. The third-order valence-electron chi connectivity index (χ3n) is 3.81. The van der Waals surface area contributed by atoms with Gasteiger partial charge in [-0.2, -0.15) is 0 Å². The van der Waals surface area contributed by atoms with Gasteiger partial charge in [0.2, 0.25) is 0 Å². The van der Waals surface area contributed by atoms with Gasteiger partial charge in [-0.1, -0.05) is 34.3 Å². The molecule has 136 valence electrons. The number of hydrogen-bond donors (Lipinski definition) is 1. The number of thioether (sulfide) groups is 1. The topological polar surface area (TPSA) is 80.9 Å². The van der Waals surface area contributed by atoms with Gasteiger partial charge >= 0.3 is 0 Å². The maximum Gasteiger partial charge on any atom is 0.260 e. The first-order valence-corrected chi connectivity index (χ1v) is 10.1. The van der Waals surface area contributed by atoms with Crippen molar-refractivity contribution < 1.29 is 9.32 Å². The van der Waals surface area contributed by atoms with Crippen molar-refractivity contribution in [3.63, 3.8) is 0 Å². The molecule has 27 heavy (non-hydrogen) atoms. The number of carbonyl (C=O) groups is 1. The number of nitrogens with one attached hydrogen (secondary N) is 1. The summed E-state index contributed by atoms with van der Waals surface area (Å²) in [7, 11) is 0. The molecule has 4 aromatic rings. The van der Waals surface area contributed by atoms with Crippen molar-refractivity contribution in [3.8, 4) is 0 Å². The van der Waals surface area contributed by atoms with Crippen LogP contribution in [0.25, 0.3) is 10.2 Å². The second-order valence-corrected chi connectivity index (χ2v) is 8.01. The van der Waals surface area contributed by atoms with Crippen LogP contribution in [0.15, 0.2) is 52.1 Å². The van der Waals surface area contributed by atoms with Crippen LogP contribution in [0.3, 0.4) is 0 Å². The van der Waals surface area contributed by atoms with Gasteiger partial charge in [0.25, 0.3) is 5.91 Å². The number of fused-ring (bicyclic) bond motifs is 1. The fraction of sp³-hybridized carbons (Fsp3) is 0.158. The molecule has 0 atom stereocenters. The van der Waals surface area contributed by atoms with Gasteiger partial charge in [0.15, 0.2) is 5.13 Å². The second kappa shape index (κ2) is 7.50. The van der Waals surface area contributed by atoms with Crippen molar-refractivity contribution in [1.29, 1.82) is 0 Å². The van der Waals surface area contributed by atoms with Crippen molar-refractivity contribution >= 4 is 44.4 Å². The van der Waals surface area contributed by atoms with Crippen molar-refractivity contribution in [2.75, 3.05) is 5.32 Å². The van der Waals surface area contributed by atoms with E-state index in [1.54, 1.807) is 18.3 Å². The summed E-state index contributed by atoms with van der Waals surface area (Å²) in [6, 6.07) is 11.4. The van der Waals surface area contributed by atoms with Crippen LogP contribution in [-0.4, -0.2) is 21.0 Å². The zero-order valence-corrected chi connectivity index (χ0v) is 16.4. The fourth-order valence-corrected chi connectivity index (χ4v) is 4.39. The van der Waals surface area contributed by atoms with Crippen molar-refractivity contribution in [1.82, 2.24) is 15.1 Å². The Balaban J connectivity index is 1.52. The predicted molar refractivity (Wildman–Crippen MR) is 107 cm³/mol. The van der Waals surface area contributed by atoms with Gasteiger partial charge in [0, 0.05) is 18.0 Å². The lowest BCUT2D eigenvalue weighted by Gasteiger charge is -2.06. The molecule has 0 saturated heterocycles. The normalized spacial score (nSPS) is 11.0. The Labute approximate surface area is 164 Å². The van der Waals surface area contributed by atoms with Crippen LogP contribution in [0.2, 0.25) is 0 Å². The smallest absolute Gasteiger partial charge is 0.260 e. The molecule has 0 aliphatic heterocycles. The SMILES string of the molecule is Cc1ccc2nc(NC(=O)c3cccnc3SCc3cc(C)on3)sc2c1. The molecule has 6 nitrogen and oxygen atoms in total. The summed E-state index contributed by atoms with van der Waals surface area (Å²) in [5.74, 6) is 1.11. The van der Waals surface area contributed by atoms with Gasteiger partial charge in [-0.3, -0.25) is 10.1 Å². The molecule has 3 heterocycles. The molecular formula is C19H16N4O2S2. The number of nitrogens with zero attached hydrogens (tertiary/aromatic N) is 3. The number of hydrogen-bond acceptors (Lipinski definition) is 7. The average Bonchev–Trinajstić information content (AvgIpc) is 3.25. The summed E-state index contributed by atoms with van der Waals surface area (Å²) in [5.41, 5.74) is 3.37. The van der Waals surface area contributed by atoms with E-state index in [1.165, 1.54) is 23.1 Å². The first-order chi connectivity index (χ1) is 13.1. The summed E-state index contributed by atoms with van der Waals surface area (Å²) in [6.45, 7) is 3.88. The lowest BCUT2D eigenvalue weighted by molar-refractivity contribution is 0.102. The second-order valence-electron chi connectivity index (χ2n) is 6.02. The summed E-state index contributed by atoms with van der Waals surface area (Å²) in [6.07, 6.45) is 1.67. The highest BCUT2D eigenvalue weighted by molar-refractivity contribution is 7.98. The van der Waals surface area contributed by atoms with Gasteiger partial charge in [-0.15, -0.1) is 0 Å². The Morgan fingerprint density at radius 3 is 2.96 bits per heavy atom. The minimum atomic E-state index is -0.224. The Morgan fingerprint density at radius 1 is 1.26 bits per heavy atom.